The number of hydrogen-bond donors (Lipinski definition) is 2. The maximum absolute atomic E-state index is 12.7. The fourth-order valence-corrected chi connectivity index (χ4v) is 3.40. The van der Waals surface area contributed by atoms with Crippen LogP contribution in [0.3, 0.4) is 0 Å². The molecule has 1 saturated heterocycles. The quantitative estimate of drug-likeness (QED) is 0.747. The molecule has 0 spiro atoms. The average molecular weight is 361 g/mol. The molecule has 0 atom stereocenters. The largest absolute Gasteiger partial charge is 0.322 e. The Hall–Kier alpha value is -2.99. The lowest BCUT2D eigenvalue weighted by molar-refractivity contribution is 0.102. The molecular weight excluding hydrogens is 338 g/mol. The molecule has 0 bridgehead atoms. The summed E-state index contributed by atoms with van der Waals surface area (Å²) in [5.74, 6) is -0.119. The van der Waals surface area contributed by atoms with Gasteiger partial charge in [-0.1, -0.05) is 35.5 Å². The number of hydrogen-bond acceptors (Lipinski definition) is 4. The van der Waals surface area contributed by atoms with E-state index in [1.165, 1.54) is 0 Å². The van der Waals surface area contributed by atoms with Crippen LogP contribution < -0.4 is 10.6 Å². The van der Waals surface area contributed by atoms with Crippen molar-refractivity contribution in [3.63, 3.8) is 0 Å². The smallest absolute Gasteiger partial charge is 0.255 e. The van der Waals surface area contributed by atoms with Crippen molar-refractivity contribution in [3.8, 4) is 11.3 Å². The Balaban J connectivity index is 1.57. The second-order valence-electron chi connectivity index (χ2n) is 6.91. The highest BCUT2D eigenvalue weighted by molar-refractivity contribution is 6.05. The van der Waals surface area contributed by atoms with Gasteiger partial charge in [0.05, 0.1) is 12.2 Å². The maximum atomic E-state index is 12.7. The highest BCUT2D eigenvalue weighted by Gasteiger charge is 2.18. The van der Waals surface area contributed by atoms with Gasteiger partial charge in [0.25, 0.3) is 5.91 Å². The van der Waals surface area contributed by atoms with Crippen LogP contribution in [0.1, 0.15) is 34.8 Å². The number of nitrogens with one attached hydrogen (secondary N) is 2. The van der Waals surface area contributed by atoms with Crippen LogP contribution in [-0.4, -0.2) is 34.0 Å². The molecule has 2 N–H and O–H groups in total. The van der Waals surface area contributed by atoms with Crippen molar-refractivity contribution in [2.75, 3.05) is 18.4 Å². The number of para-hydroxylation sites is 1. The molecule has 138 valence electrons. The first-order valence-corrected chi connectivity index (χ1v) is 9.31. The molecule has 4 rings (SSSR count). The second-order valence-corrected chi connectivity index (χ2v) is 6.91. The summed E-state index contributed by atoms with van der Waals surface area (Å²) >= 11 is 0. The third-order valence-corrected chi connectivity index (χ3v) is 5.00. The van der Waals surface area contributed by atoms with E-state index in [1.807, 2.05) is 66.3 Å². The van der Waals surface area contributed by atoms with Crippen LogP contribution in [0.4, 0.5) is 5.69 Å². The second kappa shape index (κ2) is 7.72. The number of aromatic nitrogens is 3. The van der Waals surface area contributed by atoms with Crippen molar-refractivity contribution in [1.82, 2.24) is 20.3 Å². The zero-order valence-corrected chi connectivity index (χ0v) is 15.4. The first-order valence-electron chi connectivity index (χ1n) is 9.31. The third-order valence-electron chi connectivity index (χ3n) is 5.00. The summed E-state index contributed by atoms with van der Waals surface area (Å²) < 4.78 is 1.96. The molecule has 1 amide bonds. The van der Waals surface area contributed by atoms with Crippen molar-refractivity contribution in [2.45, 2.75) is 25.8 Å². The fraction of sp³-hybridized carbons (Fsp3) is 0.286. The summed E-state index contributed by atoms with van der Waals surface area (Å²) in [7, 11) is 0. The lowest BCUT2D eigenvalue weighted by Gasteiger charge is -2.22. The van der Waals surface area contributed by atoms with Gasteiger partial charge < -0.3 is 10.6 Å². The van der Waals surface area contributed by atoms with Crippen molar-refractivity contribution < 1.29 is 4.79 Å². The number of nitrogens with zero attached hydrogens (tertiary/aromatic N) is 3. The molecule has 1 aromatic heterocycles. The van der Waals surface area contributed by atoms with Gasteiger partial charge in [-0.15, -0.1) is 5.10 Å². The predicted octanol–water partition coefficient (Wildman–Crippen LogP) is 3.43. The van der Waals surface area contributed by atoms with E-state index >= 15 is 0 Å². The number of piperidine rings is 1. The summed E-state index contributed by atoms with van der Waals surface area (Å²) in [6, 6.07) is 15.7. The van der Waals surface area contributed by atoms with E-state index in [0.29, 0.717) is 11.6 Å². The lowest BCUT2D eigenvalue weighted by atomic mass is 10.0. The average Bonchev–Trinajstić information content (AvgIpc) is 3.20. The molecular formula is C21H23N5O. The van der Waals surface area contributed by atoms with Gasteiger partial charge in [0.15, 0.2) is 0 Å². The summed E-state index contributed by atoms with van der Waals surface area (Å²) in [4.78, 5) is 12.7. The Morgan fingerprint density at radius 2 is 1.93 bits per heavy atom. The van der Waals surface area contributed by atoms with Crippen LogP contribution >= 0.6 is 0 Å². The van der Waals surface area contributed by atoms with Gasteiger partial charge in [-0.05, 0) is 56.6 Å². The number of carbonyl (C=O) groups is 1. The van der Waals surface area contributed by atoms with Crippen molar-refractivity contribution in [2.24, 2.45) is 0 Å². The summed E-state index contributed by atoms with van der Waals surface area (Å²) in [5.41, 5.74) is 4.05. The molecule has 6 heteroatoms. The van der Waals surface area contributed by atoms with Gasteiger partial charge in [0.1, 0.15) is 5.69 Å². The van der Waals surface area contributed by atoms with Crippen LogP contribution in [0.15, 0.2) is 54.7 Å². The van der Waals surface area contributed by atoms with Gasteiger partial charge in [-0.3, -0.25) is 4.79 Å². The number of anilines is 1. The lowest BCUT2D eigenvalue weighted by Crippen LogP contribution is -2.29. The highest BCUT2D eigenvalue weighted by atomic mass is 16.1. The van der Waals surface area contributed by atoms with E-state index in [9.17, 15) is 4.79 Å². The highest BCUT2D eigenvalue weighted by Crippen LogP contribution is 2.24. The van der Waals surface area contributed by atoms with Gasteiger partial charge in [-0.2, -0.15) is 0 Å². The number of carbonyl (C=O) groups excluding carboxylic acids is 1. The zero-order valence-electron chi connectivity index (χ0n) is 15.4. The summed E-state index contributed by atoms with van der Waals surface area (Å²) in [5, 5.41) is 15.0. The van der Waals surface area contributed by atoms with E-state index in [4.69, 9.17) is 0 Å². The Kier molecular flexibility index (Phi) is 4.98. The Morgan fingerprint density at radius 3 is 2.70 bits per heavy atom. The Bertz CT molecular complexity index is 929. The molecule has 3 aromatic rings. The molecule has 1 aliphatic heterocycles. The zero-order chi connectivity index (χ0) is 18.6. The molecule has 1 aliphatic rings. The molecule has 2 heterocycles. The van der Waals surface area contributed by atoms with Crippen molar-refractivity contribution in [3.05, 3.63) is 65.9 Å². The van der Waals surface area contributed by atoms with Crippen LogP contribution in [0.2, 0.25) is 0 Å². The van der Waals surface area contributed by atoms with Crippen molar-refractivity contribution in [1.29, 1.82) is 0 Å². The predicted molar refractivity (Wildman–Crippen MR) is 106 cm³/mol. The molecule has 2 aromatic carbocycles. The number of aryl methyl sites for hydroxylation is 1. The summed E-state index contributed by atoms with van der Waals surface area (Å²) in [6.45, 7) is 3.96. The molecule has 1 fully saturated rings. The molecule has 27 heavy (non-hydrogen) atoms. The van der Waals surface area contributed by atoms with Crippen LogP contribution in [-0.2, 0) is 0 Å². The topological polar surface area (TPSA) is 71.8 Å². The minimum atomic E-state index is -0.119. The van der Waals surface area contributed by atoms with E-state index in [2.05, 4.69) is 20.9 Å². The minimum absolute atomic E-state index is 0.119. The maximum Gasteiger partial charge on any atom is 0.255 e. The molecule has 0 unspecified atom stereocenters. The molecule has 0 saturated carbocycles. The van der Waals surface area contributed by atoms with Gasteiger partial charge in [-0.25, -0.2) is 4.68 Å². The monoisotopic (exact) mass is 361 g/mol. The molecule has 6 nitrogen and oxygen atoms in total. The normalized spacial score (nSPS) is 14.9. The SMILES string of the molecule is Cc1ccc(-c2cn(C3CCNCC3)nn2)cc1C(=O)Nc1ccccc1. The third kappa shape index (κ3) is 3.90. The molecule has 0 radical (unpaired) electrons. The Labute approximate surface area is 158 Å². The van der Waals surface area contributed by atoms with E-state index in [-0.39, 0.29) is 5.91 Å². The Morgan fingerprint density at radius 1 is 1.15 bits per heavy atom. The van der Waals surface area contributed by atoms with Gasteiger partial charge >= 0.3 is 0 Å². The molecule has 0 aliphatic carbocycles. The van der Waals surface area contributed by atoms with Crippen LogP contribution in [0.25, 0.3) is 11.3 Å². The number of rotatable bonds is 4. The number of benzene rings is 2. The van der Waals surface area contributed by atoms with E-state index < -0.39 is 0 Å². The van der Waals surface area contributed by atoms with Gasteiger partial charge in [0, 0.05) is 16.8 Å². The summed E-state index contributed by atoms with van der Waals surface area (Å²) in [6.07, 6.45) is 4.10. The first-order chi connectivity index (χ1) is 13.2. The van der Waals surface area contributed by atoms with Crippen molar-refractivity contribution >= 4 is 11.6 Å². The standard InChI is InChI=1S/C21H23N5O/c1-15-7-8-16(13-19(15)21(27)23-17-5-3-2-4-6-17)20-14-26(25-24-20)18-9-11-22-12-10-18/h2-8,13-14,18,22H,9-12H2,1H3,(H,23,27). The van der Waals surface area contributed by atoms with Gasteiger partial charge in [0.2, 0.25) is 0 Å². The minimum Gasteiger partial charge on any atom is -0.322 e. The van der Waals surface area contributed by atoms with Crippen LogP contribution in [0.5, 0.6) is 0 Å². The first kappa shape index (κ1) is 17.4. The number of amides is 1. The fourth-order valence-electron chi connectivity index (χ4n) is 3.40. The van der Waals surface area contributed by atoms with E-state index in [1.54, 1.807) is 0 Å². The van der Waals surface area contributed by atoms with Crippen LogP contribution in [0, 0.1) is 6.92 Å². The van der Waals surface area contributed by atoms with E-state index in [0.717, 1.165) is 48.4 Å².